The summed E-state index contributed by atoms with van der Waals surface area (Å²) in [5.41, 5.74) is -0.277. The van der Waals surface area contributed by atoms with Crippen LogP contribution < -0.4 is 15.9 Å². The Morgan fingerprint density at radius 1 is 1.23 bits per heavy atom. The third kappa shape index (κ3) is 4.80. The molecule has 0 radical (unpaired) electrons. The quantitative estimate of drug-likeness (QED) is 0.776. The van der Waals surface area contributed by atoms with Gasteiger partial charge in [-0.1, -0.05) is 17.7 Å². The number of nitrogens with one attached hydrogen (secondary N) is 1. The van der Waals surface area contributed by atoms with Gasteiger partial charge in [-0.15, -0.1) is 0 Å². The molecular formula is C22H30ClN5O3. The number of hydrogen-bond acceptors (Lipinski definition) is 6. The van der Waals surface area contributed by atoms with Crippen LogP contribution in [-0.2, 0) is 4.74 Å². The first-order valence-electron chi connectivity index (χ1n) is 10.8. The summed E-state index contributed by atoms with van der Waals surface area (Å²) in [4.78, 5) is 33.3. The second-order valence-electron chi connectivity index (χ2n) is 9.44. The molecule has 2 heterocycles. The molecule has 1 saturated heterocycles. The zero-order valence-corrected chi connectivity index (χ0v) is 19.3. The number of alkyl carbamates (subject to hydrolysis) is 1. The number of ether oxygens (including phenoxy) is 1. The van der Waals surface area contributed by atoms with Gasteiger partial charge in [0.2, 0.25) is 0 Å². The molecule has 2 fully saturated rings. The minimum atomic E-state index is -0.611. The summed E-state index contributed by atoms with van der Waals surface area (Å²) >= 11 is 6.39. The van der Waals surface area contributed by atoms with E-state index in [-0.39, 0.29) is 11.5 Å². The molecule has 4 rings (SSSR count). The van der Waals surface area contributed by atoms with Crippen LogP contribution in [-0.4, -0.2) is 59.5 Å². The van der Waals surface area contributed by atoms with E-state index >= 15 is 0 Å². The number of nitrogens with zero attached hydrogens (tertiary/aromatic N) is 4. The van der Waals surface area contributed by atoms with Crippen LogP contribution in [0.1, 0.15) is 45.5 Å². The van der Waals surface area contributed by atoms with Crippen molar-refractivity contribution in [2.24, 2.45) is 5.92 Å². The molecule has 1 aromatic carbocycles. The molecule has 1 aliphatic heterocycles. The molecule has 8 nitrogen and oxygen atoms in total. The molecule has 0 spiro atoms. The van der Waals surface area contributed by atoms with Crippen molar-refractivity contribution in [2.75, 3.05) is 38.2 Å². The fourth-order valence-electron chi connectivity index (χ4n) is 3.93. The summed E-state index contributed by atoms with van der Waals surface area (Å²) in [5, 5.41) is 5.79. The van der Waals surface area contributed by atoms with Crippen molar-refractivity contribution in [3.63, 3.8) is 0 Å². The number of aromatic nitrogens is 2. The van der Waals surface area contributed by atoms with Crippen LogP contribution in [0.3, 0.4) is 0 Å². The van der Waals surface area contributed by atoms with Crippen molar-refractivity contribution < 1.29 is 9.53 Å². The standard InChI is InChI=1S/C22H30ClN5O3/c1-22(2,3)31-21(30)25-18(14-8-9-14)19-24-16-7-5-6-15(23)17(16)20(29)28(19)27-12-10-26(4)11-13-27/h5-7,14,18H,8-13H2,1-4H3,(H,25,30)/t18-/m0/s1. The average Bonchev–Trinajstić information content (AvgIpc) is 3.51. The Bertz CT molecular complexity index is 1040. The van der Waals surface area contributed by atoms with Crippen LogP contribution in [0, 0.1) is 5.92 Å². The van der Waals surface area contributed by atoms with Crippen molar-refractivity contribution in [3.8, 4) is 0 Å². The lowest BCUT2D eigenvalue weighted by Crippen LogP contribution is -2.55. The highest BCUT2D eigenvalue weighted by molar-refractivity contribution is 6.35. The summed E-state index contributed by atoms with van der Waals surface area (Å²) in [6, 6.07) is 4.87. The monoisotopic (exact) mass is 447 g/mol. The molecule has 1 saturated carbocycles. The van der Waals surface area contributed by atoms with Gasteiger partial charge in [0, 0.05) is 26.2 Å². The van der Waals surface area contributed by atoms with Crippen molar-refractivity contribution in [3.05, 3.63) is 39.4 Å². The third-order valence-corrected chi connectivity index (χ3v) is 5.97. The topological polar surface area (TPSA) is 79.7 Å². The highest BCUT2D eigenvalue weighted by Crippen LogP contribution is 2.41. The fraction of sp³-hybridized carbons (Fsp3) is 0.591. The van der Waals surface area contributed by atoms with E-state index in [2.05, 4.69) is 17.3 Å². The first-order valence-corrected chi connectivity index (χ1v) is 11.2. The van der Waals surface area contributed by atoms with E-state index in [0.717, 1.165) is 25.9 Å². The lowest BCUT2D eigenvalue weighted by Gasteiger charge is -2.37. The molecule has 0 bridgehead atoms. The number of halogens is 1. The SMILES string of the molecule is CN1CCN(n2c([C@@H](NC(=O)OC(C)(C)C)C3CC3)nc3cccc(Cl)c3c2=O)CC1. The average molecular weight is 448 g/mol. The summed E-state index contributed by atoms with van der Waals surface area (Å²) in [7, 11) is 2.06. The van der Waals surface area contributed by atoms with E-state index in [9.17, 15) is 9.59 Å². The van der Waals surface area contributed by atoms with Crippen LogP contribution in [0.2, 0.25) is 5.02 Å². The number of piperazine rings is 1. The molecule has 2 aromatic rings. The highest BCUT2D eigenvalue weighted by atomic mass is 35.5. The maximum atomic E-state index is 13.7. The maximum Gasteiger partial charge on any atom is 0.408 e. The summed E-state index contributed by atoms with van der Waals surface area (Å²) in [6.07, 6.45) is 1.43. The fourth-order valence-corrected chi connectivity index (χ4v) is 4.18. The Hall–Kier alpha value is -2.32. The second kappa shape index (κ2) is 8.31. The van der Waals surface area contributed by atoms with Crippen LogP contribution in [0.4, 0.5) is 4.79 Å². The van der Waals surface area contributed by atoms with E-state index in [0.29, 0.717) is 34.8 Å². The number of carbonyl (C=O) groups excluding carboxylic acids is 1. The van der Waals surface area contributed by atoms with Gasteiger partial charge in [0.1, 0.15) is 5.60 Å². The smallest absolute Gasteiger partial charge is 0.408 e. The molecule has 168 valence electrons. The number of hydrogen-bond donors (Lipinski definition) is 1. The Morgan fingerprint density at radius 2 is 1.90 bits per heavy atom. The van der Waals surface area contributed by atoms with Gasteiger partial charge in [-0.2, -0.15) is 0 Å². The van der Waals surface area contributed by atoms with Crippen molar-refractivity contribution in [1.29, 1.82) is 0 Å². The Labute approximate surface area is 187 Å². The van der Waals surface area contributed by atoms with Crippen LogP contribution in [0.15, 0.2) is 23.0 Å². The minimum absolute atomic E-state index is 0.202. The molecule has 1 aliphatic carbocycles. The van der Waals surface area contributed by atoms with Crippen LogP contribution >= 0.6 is 11.6 Å². The van der Waals surface area contributed by atoms with E-state index in [1.807, 2.05) is 25.8 Å². The number of rotatable bonds is 4. The van der Waals surface area contributed by atoms with E-state index < -0.39 is 17.7 Å². The first-order chi connectivity index (χ1) is 14.6. The summed E-state index contributed by atoms with van der Waals surface area (Å²) < 4.78 is 7.14. The third-order valence-electron chi connectivity index (χ3n) is 5.66. The van der Waals surface area contributed by atoms with Crippen molar-refractivity contribution in [2.45, 2.75) is 45.3 Å². The van der Waals surface area contributed by atoms with Gasteiger partial charge in [0.05, 0.1) is 22.0 Å². The van der Waals surface area contributed by atoms with Gasteiger partial charge >= 0.3 is 6.09 Å². The van der Waals surface area contributed by atoms with Gasteiger partial charge in [0.25, 0.3) is 5.56 Å². The van der Waals surface area contributed by atoms with Crippen molar-refractivity contribution in [1.82, 2.24) is 19.9 Å². The Morgan fingerprint density at radius 3 is 2.52 bits per heavy atom. The van der Waals surface area contributed by atoms with E-state index in [1.54, 1.807) is 22.9 Å². The molecule has 1 N–H and O–H groups in total. The normalized spacial score (nSPS) is 18.8. The molecule has 2 aliphatic rings. The number of amides is 1. The van der Waals surface area contributed by atoms with Crippen molar-refractivity contribution >= 4 is 28.6 Å². The minimum Gasteiger partial charge on any atom is -0.444 e. The van der Waals surface area contributed by atoms with E-state index in [1.165, 1.54) is 0 Å². The molecule has 1 amide bonds. The largest absolute Gasteiger partial charge is 0.444 e. The summed E-state index contributed by atoms with van der Waals surface area (Å²) in [5.74, 6) is 0.757. The van der Waals surface area contributed by atoms with Crippen LogP contribution in [0.5, 0.6) is 0 Å². The van der Waals surface area contributed by atoms with Gasteiger partial charge in [-0.05, 0) is 58.7 Å². The molecular weight excluding hydrogens is 418 g/mol. The lowest BCUT2D eigenvalue weighted by molar-refractivity contribution is 0.0492. The second-order valence-corrected chi connectivity index (χ2v) is 9.85. The number of likely N-dealkylation sites (N-methyl/N-ethyl adjacent to an activating group) is 1. The number of carbonyl (C=O) groups is 1. The van der Waals surface area contributed by atoms with Crippen LogP contribution in [0.25, 0.3) is 10.9 Å². The van der Waals surface area contributed by atoms with Gasteiger partial charge in [-0.25, -0.2) is 14.5 Å². The first kappa shape index (κ1) is 21.9. The van der Waals surface area contributed by atoms with E-state index in [4.69, 9.17) is 21.3 Å². The molecule has 1 aromatic heterocycles. The molecule has 31 heavy (non-hydrogen) atoms. The Kier molecular flexibility index (Phi) is 5.87. The molecule has 0 unspecified atom stereocenters. The molecule has 1 atom stereocenters. The zero-order valence-electron chi connectivity index (χ0n) is 18.5. The summed E-state index contributed by atoms with van der Waals surface area (Å²) in [6.45, 7) is 8.52. The number of fused-ring (bicyclic) bond motifs is 1. The van der Waals surface area contributed by atoms with Gasteiger partial charge in [-0.3, -0.25) is 4.79 Å². The highest BCUT2D eigenvalue weighted by Gasteiger charge is 2.39. The number of benzene rings is 1. The maximum absolute atomic E-state index is 13.7. The zero-order chi connectivity index (χ0) is 22.3. The lowest BCUT2D eigenvalue weighted by atomic mass is 10.1. The predicted octanol–water partition coefficient (Wildman–Crippen LogP) is 2.91. The molecule has 9 heteroatoms. The Balaban J connectivity index is 1.81. The van der Waals surface area contributed by atoms with Gasteiger partial charge < -0.3 is 20.0 Å². The predicted molar refractivity (Wildman–Crippen MR) is 121 cm³/mol. The van der Waals surface area contributed by atoms with Gasteiger partial charge in [0.15, 0.2) is 5.82 Å².